The summed E-state index contributed by atoms with van der Waals surface area (Å²) in [4.78, 5) is 10.9. The minimum absolute atomic E-state index is 0.0676. The molecule has 0 radical (unpaired) electrons. The van der Waals surface area contributed by atoms with Gasteiger partial charge in [0.2, 0.25) is 5.91 Å². The lowest BCUT2D eigenvalue weighted by Gasteiger charge is -2.31. The molecule has 0 saturated carbocycles. The molecule has 1 atom stereocenters. The highest BCUT2D eigenvalue weighted by Crippen LogP contribution is 2.21. The zero-order valence-corrected chi connectivity index (χ0v) is 9.02. The van der Waals surface area contributed by atoms with Gasteiger partial charge >= 0.3 is 0 Å². The molecule has 1 amide bonds. The summed E-state index contributed by atoms with van der Waals surface area (Å²) in [5.74, 6) is -0.215. The molecule has 0 aliphatic rings. The molecular formula is C10H22N2O. The van der Waals surface area contributed by atoms with Gasteiger partial charge in [0.25, 0.3) is 0 Å². The van der Waals surface area contributed by atoms with E-state index in [1.54, 1.807) is 0 Å². The lowest BCUT2D eigenvalue weighted by Crippen LogP contribution is -2.45. The SMILES string of the molecule is CCCCC(CC)(CC(N)=O)NC. The fourth-order valence-electron chi connectivity index (χ4n) is 1.63. The monoisotopic (exact) mass is 186 g/mol. The summed E-state index contributed by atoms with van der Waals surface area (Å²) in [6.07, 6.45) is 4.72. The van der Waals surface area contributed by atoms with Crippen molar-refractivity contribution in [2.24, 2.45) is 5.73 Å². The highest BCUT2D eigenvalue weighted by Gasteiger charge is 2.27. The third-order valence-electron chi connectivity index (χ3n) is 2.73. The third kappa shape index (κ3) is 4.27. The van der Waals surface area contributed by atoms with E-state index in [2.05, 4.69) is 19.2 Å². The van der Waals surface area contributed by atoms with Gasteiger partial charge < -0.3 is 11.1 Å². The molecule has 0 bridgehead atoms. The first-order chi connectivity index (χ1) is 6.10. The first kappa shape index (κ1) is 12.4. The quantitative estimate of drug-likeness (QED) is 0.632. The maximum Gasteiger partial charge on any atom is 0.219 e. The lowest BCUT2D eigenvalue weighted by molar-refractivity contribution is -0.119. The summed E-state index contributed by atoms with van der Waals surface area (Å²) in [5, 5.41) is 3.23. The van der Waals surface area contributed by atoms with Gasteiger partial charge in [0, 0.05) is 12.0 Å². The van der Waals surface area contributed by atoms with E-state index in [0.29, 0.717) is 6.42 Å². The molecule has 0 aromatic carbocycles. The van der Waals surface area contributed by atoms with Gasteiger partial charge in [-0.25, -0.2) is 0 Å². The second-order valence-electron chi connectivity index (χ2n) is 3.63. The van der Waals surface area contributed by atoms with Gasteiger partial charge in [-0.3, -0.25) is 4.79 Å². The molecule has 78 valence electrons. The highest BCUT2D eigenvalue weighted by molar-refractivity contribution is 5.75. The minimum Gasteiger partial charge on any atom is -0.370 e. The van der Waals surface area contributed by atoms with E-state index >= 15 is 0 Å². The van der Waals surface area contributed by atoms with Crippen LogP contribution in [0.25, 0.3) is 0 Å². The van der Waals surface area contributed by atoms with Crippen LogP contribution >= 0.6 is 0 Å². The number of unbranched alkanes of at least 4 members (excludes halogenated alkanes) is 1. The fourth-order valence-corrected chi connectivity index (χ4v) is 1.63. The van der Waals surface area contributed by atoms with E-state index in [9.17, 15) is 4.79 Å². The second kappa shape index (κ2) is 5.97. The molecule has 0 rings (SSSR count). The summed E-state index contributed by atoms with van der Waals surface area (Å²) in [6, 6.07) is 0. The summed E-state index contributed by atoms with van der Waals surface area (Å²) < 4.78 is 0. The van der Waals surface area contributed by atoms with Crippen LogP contribution in [0, 0.1) is 0 Å². The van der Waals surface area contributed by atoms with E-state index in [-0.39, 0.29) is 11.4 Å². The van der Waals surface area contributed by atoms with E-state index in [1.165, 1.54) is 0 Å². The first-order valence-electron chi connectivity index (χ1n) is 5.07. The summed E-state index contributed by atoms with van der Waals surface area (Å²) in [7, 11) is 1.90. The van der Waals surface area contributed by atoms with Crippen molar-refractivity contribution in [3.63, 3.8) is 0 Å². The fraction of sp³-hybridized carbons (Fsp3) is 0.900. The van der Waals surface area contributed by atoms with Crippen LogP contribution < -0.4 is 11.1 Å². The molecule has 0 heterocycles. The lowest BCUT2D eigenvalue weighted by atomic mass is 9.86. The van der Waals surface area contributed by atoms with Crippen molar-refractivity contribution in [3.8, 4) is 0 Å². The Labute approximate surface area is 81.1 Å². The first-order valence-corrected chi connectivity index (χ1v) is 5.07. The van der Waals surface area contributed by atoms with Crippen molar-refractivity contribution in [1.82, 2.24) is 5.32 Å². The Balaban J connectivity index is 4.21. The number of carbonyl (C=O) groups is 1. The van der Waals surface area contributed by atoms with Crippen LogP contribution in [0.3, 0.4) is 0 Å². The largest absolute Gasteiger partial charge is 0.370 e. The van der Waals surface area contributed by atoms with Crippen LogP contribution in [0.1, 0.15) is 46.0 Å². The summed E-state index contributed by atoms with van der Waals surface area (Å²) in [5.41, 5.74) is 5.15. The zero-order chi connectivity index (χ0) is 10.3. The van der Waals surface area contributed by atoms with E-state index in [0.717, 1.165) is 25.7 Å². The van der Waals surface area contributed by atoms with Crippen molar-refractivity contribution < 1.29 is 4.79 Å². The smallest absolute Gasteiger partial charge is 0.219 e. The molecule has 0 aliphatic carbocycles. The molecule has 0 aliphatic heterocycles. The standard InChI is InChI=1S/C10H22N2O/c1-4-6-7-10(5-2,12-3)8-9(11)13/h12H,4-8H2,1-3H3,(H2,11,13). The summed E-state index contributed by atoms with van der Waals surface area (Å²) >= 11 is 0. The topological polar surface area (TPSA) is 55.1 Å². The Morgan fingerprint density at radius 1 is 1.46 bits per heavy atom. The molecule has 13 heavy (non-hydrogen) atoms. The van der Waals surface area contributed by atoms with Gasteiger partial charge in [-0.15, -0.1) is 0 Å². The Kier molecular flexibility index (Phi) is 5.71. The highest BCUT2D eigenvalue weighted by atomic mass is 16.1. The van der Waals surface area contributed by atoms with Gasteiger partial charge in [-0.1, -0.05) is 26.7 Å². The van der Waals surface area contributed by atoms with Crippen molar-refractivity contribution in [2.75, 3.05) is 7.05 Å². The molecule has 0 aromatic rings. The molecular weight excluding hydrogens is 164 g/mol. The van der Waals surface area contributed by atoms with Crippen LogP contribution in [0.4, 0.5) is 0 Å². The summed E-state index contributed by atoms with van der Waals surface area (Å²) in [6.45, 7) is 4.25. The van der Waals surface area contributed by atoms with Gasteiger partial charge in [0.05, 0.1) is 0 Å². The van der Waals surface area contributed by atoms with Gasteiger partial charge in [-0.05, 0) is 19.9 Å². The minimum atomic E-state index is -0.215. The second-order valence-corrected chi connectivity index (χ2v) is 3.63. The number of amides is 1. The Morgan fingerprint density at radius 2 is 2.08 bits per heavy atom. The Morgan fingerprint density at radius 3 is 2.38 bits per heavy atom. The van der Waals surface area contributed by atoms with Crippen LogP contribution in [0.5, 0.6) is 0 Å². The number of hydrogen-bond acceptors (Lipinski definition) is 2. The van der Waals surface area contributed by atoms with E-state index < -0.39 is 0 Å². The number of nitrogens with one attached hydrogen (secondary N) is 1. The van der Waals surface area contributed by atoms with Gasteiger partial charge in [0.15, 0.2) is 0 Å². The molecule has 3 N–H and O–H groups in total. The zero-order valence-electron chi connectivity index (χ0n) is 9.02. The molecule has 1 unspecified atom stereocenters. The van der Waals surface area contributed by atoms with Crippen molar-refractivity contribution >= 4 is 5.91 Å². The number of nitrogens with two attached hydrogens (primary N) is 1. The average Bonchev–Trinajstić information content (AvgIpc) is 2.12. The maximum absolute atomic E-state index is 10.9. The van der Waals surface area contributed by atoms with E-state index in [4.69, 9.17) is 5.73 Å². The number of rotatable bonds is 7. The molecule has 0 fully saturated rings. The number of carbonyl (C=O) groups excluding carboxylic acids is 1. The van der Waals surface area contributed by atoms with Gasteiger partial charge in [-0.2, -0.15) is 0 Å². The molecule has 0 aromatic heterocycles. The van der Waals surface area contributed by atoms with Crippen LogP contribution in [-0.4, -0.2) is 18.5 Å². The maximum atomic E-state index is 10.9. The van der Waals surface area contributed by atoms with Crippen molar-refractivity contribution in [3.05, 3.63) is 0 Å². The molecule has 0 saturated heterocycles. The molecule has 3 nitrogen and oxygen atoms in total. The Hall–Kier alpha value is -0.570. The van der Waals surface area contributed by atoms with Gasteiger partial charge in [0.1, 0.15) is 0 Å². The van der Waals surface area contributed by atoms with Crippen molar-refractivity contribution in [2.45, 2.75) is 51.5 Å². The van der Waals surface area contributed by atoms with Crippen LogP contribution in [0.15, 0.2) is 0 Å². The normalized spacial score (nSPS) is 15.3. The third-order valence-corrected chi connectivity index (χ3v) is 2.73. The van der Waals surface area contributed by atoms with E-state index in [1.807, 2.05) is 7.05 Å². The predicted molar refractivity (Wildman–Crippen MR) is 55.4 cm³/mol. The predicted octanol–water partition coefficient (Wildman–Crippen LogP) is 1.42. The molecule has 3 heteroatoms. The number of hydrogen-bond donors (Lipinski definition) is 2. The average molecular weight is 186 g/mol. The van der Waals surface area contributed by atoms with Crippen LogP contribution in [-0.2, 0) is 4.79 Å². The van der Waals surface area contributed by atoms with Crippen molar-refractivity contribution in [1.29, 1.82) is 0 Å². The molecule has 0 spiro atoms. The number of primary amides is 1. The Bertz CT molecular complexity index is 153. The van der Waals surface area contributed by atoms with Crippen LogP contribution in [0.2, 0.25) is 0 Å².